The zero-order valence-electron chi connectivity index (χ0n) is 11.1. The van der Waals surface area contributed by atoms with E-state index in [1.54, 1.807) is 13.2 Å². The first kappa shape index (κ1) is 15.5. The highest BCUT2D eigenvalue weighted by Crippen LogP contribution is 2.35. The largest absolute Gasteiger partial charge is 0.496 e. The van der Waals surface area contributed by atoms with Crippen molar-refractivity contribution in [3.63, 3.8) is 0 Å². The Balaban J connectivity index is 2.52. The highest BCUT2D eigenvalue weighted by atomic mass is 79.9. The third kappa shape index (κ3) is 3.05. The van der Waals surface area contributed by atoms with Crippen LogP contribution < -0.4 is 10.5 Å². The van der Waals surface area contributed by atoms with Crippen LogP contribution in [0.5, 0.6) is 5.75 Å². The quantitative estimate of drug-likeness (QED) is 0.806. The minimum atomic E-state index is -0.406. The topological polar surface area (TPSA) is 35.2 Å². The van der Waals surface area contributed by atoms with Crippen molar-refractivity contribution in [2.75, 3.05) is 7.11 Å². The van der Waals surface area contributed by atoms with Crippen molar-refractivity contribution in [3.8, 4) is 5.75 Å². The van der Waals surface area contributed by atoms with Crippen LogP contribution in [-0.2, 0) is 0 Å². The van der Waals surface area contributed by atoms with Gasteiger partial charge in [-0.3, -0.25) is 0 Å². The van der Waals surface area contributed by atoms with Crippen LogP contribution in [-0.4, -0.2) is 7.11 Å². The molecule has 106 valence electrons. The van der Waals surface area contributed by atoms with E-state index in [9.17, 15) is 4.39 Å². The van der Waals surface area contributed by atoms with E-state index in [4.69, 9.17) is 10.5 Å². The summed E-state index contributed by atoms with van der Waals surface area (Å²) in [5, 5.41) is 0. The lowest BCUT2D eigenvalue weighted by molar-refractivity contribution is 0.407. The summed E-state index contributed by atoms with van der Waals surface area (Å²) < 4.78 is 20.2. The number of nitrogens with two attached hydrogens (primary N) is 1. The molecule has 0 radical (unpaired) electrons. The molecule has 0 aliphatic carbocycles. The molecule has 0 fully saturated rings. The molecule has 2 nitrogen and oxygen atoms in total. The predicted molar refractivity (Wildman–Crippen MR) is 85.6 cm³/mol. The maximum Gasteiger partial charge on any atom is 0.124 e. The summed E-state index contributed by atoms with van der Waals surface area (Å²) >= 11 is 6.85. The first-order valence-corrected chi connectivity index (χ1v) is 7.57. The first-order valence-electron chi connectivity index (χ1n) is 5.98. The maximum absolute atomic E-state index is 13.2. The fraction of sp³-hybridized carbons (Fsp3) is 0.200. The molecule has 2 N–H and O–H groups in total. The van der Waals surface area contributed by atoms with E-state index in [-0.39, 0.29) is 5.82 Å². The molecule has 5 heteroatoms. The van der Waals surface area contributed by atoms with Crippen molar-refractivity contribution in [1.29, 1.82) is 0 Å². The molecule has 1 unspecified atom stereocenters. The highest BCUT2D eigenvalue weighted by molar-refractivity contribution is 9.10. The average molecular weight is 403 g/mol. The SMILES string of the molecule is COc1cc(C)c(Br)cc1C(N)c1ccc(F)cc1Br. The number of rotatable bonds is 3. The summed E-state index contributed by atoms with van der Waals surface area (Å²) in [7, 11) is 1.61. The van der Waals surface area contributed by atoms with Crippen molar-refractivity contribution in [3.05, 3.63) is 61.8 Å². The highest BCUT2D eigenvalue weighted by Gasteiger charge is 2.18. The summed E-state index contributed by atoms with van der Waals surface area (Å²) in [4.78, 5) is 0. The number of hydrogen-bond donors (Lipinski definition) is 1. The minimum Gasteiger partial charge on any atom is -0.496 e. The Labute approximate surface area is 134 Å². The third-order valence-corrected chi connectivity index (χ3v) is 4.68. The lowest BCUT2D eigenvalue weighted by Gasteiger charge is -2.19. The van der Waals surface area contributed by atoms with Crippen LogP contribution in [0.15, 0.2) is 39.3 Å². The number of halogens is 3. The van der Waals surface area contributed by atoms with Gasteiger partial charge in [-0.05, 0) is 42.3 Å². The summed E-state index contributed by atoms with van der Waals surface area (Å²) in [6.07, 6.45) is 0. The lowest BCUT2D eigenvalue weighted by atomic mass is 9.97. The second-order valence-corrected chi connectivity index (χ2v) is 6.20. The normalized spacial score (nSPS) is 12.3. The molecule has 0 bridgehead atoms. The van der Waals surface area contributed by atoms with Gasteiger partial charge in [0.15, 0.2) is 0 Å². The van der Waals surface area contributed by atoms with Gasteiger partial charge in [0.05, 0.1) is 13.2 Å². The molecule has 2 aromatic rings. The van der Waals surface area contributed by atoms with Gasteiger partial charge in [-0.2, -0.15) is 0 Å². The molecule has 0 amide bonds. The van der Waals surface area contributed by atoms with Gasteiger partial charge in [0, 0.05) is 14.5 Å². The smallest absolute Gasteiger partial charge is 0.124 e. The summed E-state index contributed by atoms with van der Waals surface area (Å²) in [5.74, 6) is 0.416. The summed E-state index contributed by atoms with van der Waals surface area (Å²) in [6.45, 7) is 1.98. The number of methoxy groups -OCH3 is 1. The fourth-order valence-corrected chi connectivity index (χ4v) is 2.97. The molecular formula is C15H14Br2FNO. The van der Waals surface area contributed by atoms with Crippen LogP contribution in [0.3, 0.4) is 0 Å². The van der Waals surface area contributed by atoms with Crippen molar-refractivity contribution in [2.24, 2.45) is 5.73 Å². The van der Waals surface area contributed by atoms with Gasteiger partial charge in [-0.25, -0.2) is 4.39 Å². The van der Waals surface area contributed by atoms with E-state index in [0.717, 1.165) is 26.9 Å². The van der Waals surface area contributed by atoms with Gasteiger partial charge in [0.2, 0.25) is 0 Å². The van der Waals surface area contributed by atoms with E-state index in [1.165, 1.54) is 12.1 Å². The number of aryl methyl sites for hydroxylation is 1. The Hall–Kier alpha value is -0.910. The molecule has 0 spiro atoms. The van der Waals surface area contributed by atoms with Gasteiger partial charge >= 0.3 is 0 Å². The molecule has 0 aliphatic heterocycles. The van der Waals surface area contributed by atoms with E-state index in [1.807, 2.05) is 19.1 Å². The molecule has 20 heavy (non-hydrogen) atoms. The first-order chi connectivity index (χ1) is 9.43. The third-order valence-electron chi connectivity index (χ3n) is 3.14. The number of benzene rings is 2. The second-order valence-electron chi connectivity index (χ2n) is 4.49. The van der Waals surface area contributed by atoms with E-state index in [2.05, 4.69) is 31.9 Å². The molecule has 2 rings (SSSR count). The predicted octanol–water partition coefficient (Wildman–Crippen LogP) is 4.72. The molecule has 0 saturated heterocycles. The van der Waals surface area contributed by atoms with Crippen molar-refractivity contribution < 1.29 is 9.13 Å². The van der Waals surface area contributed by atoms with Crippen LogP contribution in [0.25, 0.3) is 0 Å². The van der Waals surface area contributed by atoms with E-state index < -0.39 is 6.04 Å². The Morgan fingerprint density at radius 3 is 2.40 bits per heavy atom. The molecule has 0 aromatic heterocycles. The molecule has 1 atom stereocenters. The Bertz CT molecular complexity index is 646. The molecule has 2 aromatic carbocycles. The second kappa shape index (κ2) is 6.24. The minimum absolute atomic E-state index is 0.301. The molecule has 0 aliphatic rings. The van der Waals surface area contributed by atoms with Crippen molar-refractivity contribution in [1.82, 2.24) is 0 Å². The molecule has 0 saturated carbocycles. The Morgan fingerprint density at radius 2 is 1.80 bits per heavy atom. The monoisotopic (exact) mass is 401 g/mol. The van der Waals surface area contributed by atoms with E-state index >= 15 is 0 Å². The zero-order chi connectivity index (χ0) is 14.9. The summed E-state index contributed by atoms with van der Waals surface area (Å²) in [5.41, 5.74) is 9.03. The lowest BCUT2D eigenvalue weighted by Crippen LogP contribution is -2.14. The fourth-order valence-electron chi connectivity index (χ4n) is 2.01. The average Bonchev–Trinajstić information content (AvgIpc) is 2.40. The van der Waals surface area contributed by atoms with Crippen LogP contribution in [0.4, 0.5) is 4.39 Å². The van der Waals surface area contributed by atoms with Crippen molar-refractivity contribution >= 4 is 31.9 Å². The van der Waals surface area contributed by atoms with Gasteiger partial charge in [0.25, 0.3) is 0 Å². The van der Waals surface area contributed by atoms with Gasteiger partial charge in [-0.15, -0.1) is 0 Å². The maximum atomic E-state index is 13.2. The van der Waals surface area contributed by atoms with Gasteiger partial charge in [-0.1, -0.05) is 37.9 Å². The standard InChI is InChI=1S/C15H14Br2FNO/c1-8-5-14(20-2)11(7-12(8)16)15(19)10-4-3-9(18)6-13(10)17/h3-7,15H,19H2,1-2H3. The van der Waals surface area contributed by atoms with Gasteiger partial charge < -0.3 is 10.5 Å². The molecular weight excluding hydrogens is 389 g/mol. The van der Waals surface area contributed by atoms with E-state index in [0.29, 0.717) is 4.47 Å². The number of hydrogen-bond acceptors (Lipinski definition) is 2. The summed E-state index contributed by atoms with van der Waals surface area (Å²) in [6, 6.07) is 7.94. The van der Waals surface area contributed by atoms with Gasteiger partial charge in [0.1, 0.15) is 11.6 Å². The number of ether oxygens (including phenoxy) is 1. The van der Waals surface area contributed by atoms with Crippen LogP contribution in [0.2, 0.25) is 0 Å². The zero-order valence-corrected chi connectivity index (χ0v) is 14.3. The van der Waals surface area contributed by atoms with Crippen LogP contribution >= 0.6 is 31.9 Å². The Morgan fingerprint density at radius 1 is 1.10 bits per heavy atom. The van der Waals surface area contributed by atoms with Crippen molar-refractivity contribution in [2.45, 2.75) is 13.0 Å². The Kier molecular flexibility index (Phi) is 4.83. The van der Waals surface area contributed by atoms with Crippen LogP contribution in [0, 0.1) is 12.7 Å². The van der Waals surface area contributed by atoms with Crippen LogP contribution in [0.1, 0.15) is 22.7 Å². The molecule has 0 heterocycles.